The van der Waals surface area contributed by atoms with Crippen LogP contribution in [-0.2, 0) is 0 Å². The third-order valence-corrected chi connectivity index (χ3v) is 2.78. The third kappa shape index (κ3) is 5.09. The van der Waals surface area contributed by atoms with Crippen LogP contribution in [0.1, 0.15) is 47.1 Å². The molecule has 3 rings (SSSR count). The molecule has 2 heterocycles. The van der Waals surface area contributed by atoms with Gasteiger partial charge in [-0.2, -0.15) is 9.61 Å². The number of hydrogen-bond acceptors (Lipinski definition) is 3. The molecule has 4 nitrogen and oxygen atoms in total. The maximum atomic E-state index is 5.97. The minimum atomic E-state index is 0.636. The first kappa shape index (κ1) is 20.6. The first-order valence-corrected chi connectivity index (χ1v) is 8.42. The number of hydrogen-bond donors (Lipinski definition) is 1. The van der Waals surface area contributed by atoms with Crippen molar-refractivity contribution in [1.29, 1.82) is 0 Å². The summed E-state index contributed by atoms with van der Waals surface area (Å²) in [5.74, 6) is 0.636. The van der Waals surface area contributed by atoms with Crippen LogP contribution in [0.5, 0.6) is 0 Å². The summed E-state index contributed by atoms with van der Waals surface area (Å²) < 4.78 is 1.68. The zero-order chi connectivity index (χ0) is 17.8. The maximum Gasteiger partial charge on any atom is 0.157 e. The van der Waals surface area contributed by atoms with Gasteiger partial charge in [-0.1, -0.05) is 71.9 Å². The van der Waals surface area contributed by atoms with E-state index in [-0.39, 0.29) is 0 Å². The molecular formula is C19H30N4. The molecule has 0 bridgehead atoms. The minimum Gasteiger partial charge on any atom is -0.383 e. The molecule has 0 aliphatic rings. The maximum absolute atomic E-state index is 5.97. The molecule has 0 saturated heterocycles. The molecule has 3 aromatic rings. The minimum absolute atomic E-state index is 0.636. The lowest BCUT2D eigenvalue weighted by atomic mass is 10.2. The lowest BCUT2D eigenvalue weighted by molar-refractivity contribution is 0.945. The van der Waals surface area contributed by atoms with Crippen LogP contribution in [0.3, 0.4) is 0 Å². The lowest BCUT2D eigenvalue weighted by Gasteiger charge is -2.00. The number of aromatic nitrogens is 3. The number of nitrogens with zero attached hydrogens (tertiary/aromatic N) is 3. The molecule has 0 unspecified atom stereocenters. The summed E-state index contributed by atoms with van der Waals surface area (Å²) in [5.41, 5.74) is 9.62. The van der Waals surface area contributed by atoms with Crippen LogP contribution < -0.4 is 5.73 Å². The van der Waals surface area contributed by atoms with Gasteiger partial charge in [0.1, 0.15) is 5.82 Å². The van der Waals surface area contributed by atoms with E-state index in [2.05, 4.69) is 10.1 Å². The summed E-state index contributed by atoms with van der Waals surface area (Å²) in [4.78, 5) is 4.31. The summed E-state index contributed by atoms with van der Waals surface area (Å²) in [7, 11) is 0. The Morgan fingerprint density at radius 3 is 2.04 bits per heavy atom. The molecule has 1 aromatic carbocycles. The van der Waals surface area contributed by atoms with E-state index in [1.54, 1.807) is 10.7 Å². The van der Waals surface area contributed by atoms with Crippen LogP contribution in [0, 0.1) is 6.92 Å². The molecule has 0 fully saturated rings. The number of rotatable bonds is 1. The van der Waals surface area contributed by atoms with E-state index in [0.29, 0.717) is 5.82 Å². The first-order valence-electron chi connectivity index (χ1n) is 8.42. The van der Waals surface area contributed by atoms with E-state index < -0.39 is 0 Å². The van der Waals surface area contributed by atoms with Crippen LogP contribution in [0.4, 0.5) is 5.82 Å². The molecule has 0 atom stereocenters. The van der Waals surface area contributed by atoms with Crippen LogP contribution in [0.15, 0.2) is 42.6 Å². The quantitative estimate of drug-likeness (QED) is 0.657. The van der Waals surface area contributed by atoms with Gasteiger partial charge in [-0.05, 0) is 6.92 Å². The van der Waals surface area contributed by atoms with Gasteiger partial charge in [0.15, 0.2) is 5.65 Å². The SMILES string of the molecule is CC.CC.CC.Cc1cnc2cc(-c3ccccc3)nn2c1N. The largest absolute Gasteiger partial charge is 0.383 e. The van der Waals surface area contributed by atoms with Crippen molar-refractivity contribution >= 4 is 11.5 Å². The highest BCUT2D eigenvalue weighted by atomic mass is 15.3. The summed E-state index contributed by atoms with van der Waals surface area (Å²) >= 11 is 0. The fraction of sp³-hybridized carbons (Fsp3) is 0.368. The van der Waals surface area contributed by atoms with Gasteiger partial charge in [-0.25, -0.2) is 4.98 Å². The molecule has 0 radical (unpaired) electrons. The number of aryl methyl sites for hydroxylation is 1. The monoisotopic (exact) mass is 314 g/mol. The Kier molecular flexibility index (Phi) is 10.1. The highest BCUT2D eigenvalue weighted by molar-refractivity contribution is 5.65. The molecule has 4 heteroatoms. The fourth-order valence-corrected chi connectivity index (χ4v) is 1.79. The molecule has 0 spiro atoms. The number of benzene rings is 1. The second-order valence-electron chi connectivity index (χ2n) is 3.99. The molecule has 23 heavy (non-hydrogen) atoms. The van der Waals surface area contributed by atoms with Crippen LogP contribution in [0.2, 0.25) is 0 Å². The van der Waals surface area contributed by atoms with Crippen molar-refractivity contribution in [2.45, 2.75) is 48.5 Å². The molecule has 2 aromatic heterocycles. The molecule has 0 aliphatic heterocycles. The second kappa shape index (κ2) is 11.2. The average Bonchev–Trinajstić information content (AvgIpc) is 3.09. The Morgan fingerprint density at radius 1 is 0.913 bits per heavy atom. The van der Waals surface area contributed by atoms with E-state index in [0.717, 1.165) is 22.5 Å². The van der Waals surface area contributed by atoms with Gasteiger partial charge in [0.25, 0.3) is 0 Å². The van der Waals surface area contributed by atoms with Crippen LogP contribution >= 0.6 is 0 Å². The van der Waals surface area contributed by atoms with E-state index in [4.69, 9.17) is 5.73 Å². The predicted molar refractivity (Wildman–Crippen MR) is 102 cm³/mol. The van der Waals surface area contributed by atoms with Gasteiger partial charge in [0.05, 0.1) is 5.69 Å². The topological polar surface area (TPSA) is 56.2 Å². The van der Waals surface area contributed by atoms with Gasteiger partial charge in [-0.3, -0.25) is 0 Å². The van der Waals surface area contributed by atoms with E-state index in [9.17, 15) is 0 Å². The van der Waals surface area contributed by atoms with Gasteiger partial charge in [0.2, 0.25) is 0 Å². The third-order valence-electron chi connectivity index (χ3n) is 2.78. The van der Waals surface area contributed by atoms with E-state index in [1.165, 1.54) is 0 Å². The van der Waals surface area contributed by atoms with Crippen molar-refractivity contribution in [2.24, 2.45) is 0 Å². The van der Waals surface area contributed by atoms with Crippen molar-refractivity contribution in [3.63, 3.8) is 0 Å². The number of nitrogens with two attached hydrogens (primary N) is 1. The molecule has 0 amide bonds. The van der Waals surface area contributed by atoms with Crippen molar-refractivity contribution in [3.05, 3.63) is 48.2 Å². The molecule has 2 N–H and O–H groups in total. The van der Waals surface area contributed by atoms with Crippen molar-refractivity contribution in [1.82, 2.24) is 14.6 Å². The Balaban J connectivity index is 0.000000728. The summed E-state index contributed by atoms with van der Waals surface area (Å²) in [6.07, 6.45) is 1.76. The fourth-order valence-electron chi connectivity index (χ4n) is 1.79. The van der Waals surface area contributed by atoms with E-state index in [1.807, 2.05) is 84.9 Å². The zero-order valence-corrected chi connectivity index (χ0v) is 15.5. The van der Waals surface area contributed by atoms with Gasteiger partial charge in [0, 0.05) is 23.4 Å². The van der Waals surface area contributed by atoms with Crippen LogP contribution in [0.25, 0.3) is 16.9 Å². The van der Waals surface area contributed by atoms with Crippen molar-refractivity contribution in [3.8, 4) is 11.3 Å². The number of nitrogen functional groups attached to an aromatic ring is 1. The highest BCUT2D eigenvalue weighted by Gasteiger charge is 2.07. The molecule has 0 aliphatic carbocycles. The molecule has 0 saturated carbocycles. The highest BCUT2D eigenvalue weighted by Crippen LogP contribution is 2.20. The smallest absolute Gasteiger partial charge is 0.157 e. The summed E-state index contributed by atoms with van der Waals surface area (Å²) in [6, 6.07) is 11.9. The second-order valence-corrected chi connectivity index (χ2v) is 3.99. The Morgan fingerprint density at radius 2 is 1.48 bits per heavy atom. The van der Waals surface area contributed by atoms with Gasteiger partial charge >= 0.3 is 0 Å². The standard InChI is InChI=1S/C13H12N4.3C2H6/c1-9-8-15-12-7-11(16-17(12)13(9)14)10-5-3-2-4-6-10;3*1-2/h2-8H,14H2,1H3;3*1-2H3. The lowest BCUT2D eigenvalue weighted by Crippen LogP contribution is -2.02. The van der Waals surface area contributed by atoms with Gasteiger partial charge < -0.3 is 5.73 Å². The predicted octanol–water partition coefficient (Wildman–Crippen LogP) is 5.37. The number of fused-ring (bicyclic) bond motifs is 1. The van der Waals surface area contributed by atoms with Crippen LogP contribution in [-0.4, -0.2) is 14.6 Å². The zero-order valence-electron chi connectivity index (χ0n) is 15.5. The summed E-state index contributed by atoms with van der Waals surface area (Å²) in [5, 5.41) is 4.47. The summed E-state index contributed by atoms with van der Waals surface area (Å²) in [6.45, 7) is 13.9. The van der Waals surface area contributed by atoms with Crippen molar-refractivity contribution < 1.29 is 0 Å². The van der Waals surface area contributed by atoms with E-state index >= 15 is 0 Å². The Labute approximate surface area is 140 Å². The van der Waals surface area contributed by atoms with Gasteiger partial charge in [-0.15, -0.1) is 0 Å². The molecule has 126 valence electrons. The number of anilines is 1. The normalized spacial score (nSPS) is 8.83. The first-order chi connectivity index (χ1) is 11.3. The van der Waals surface area contributed by atoms with Crippen molar-refractivity contribution in [2.75, 3.05) is 5.73 Å². The average molecular weight is 314 g/mol. The Hall–Kier alpha value is -2.36. The Bertz CT molecular complexity index is 672. The molecular weight excluding hydrogens is 284 g/mol.